The highest BCUT2D eigenvalue weighted by atomic mass is 16.7. The fourth-order valence-electron chi connectivity index (χ4n) is 4.53. The summed E-state index contributed by atoms with van der Waals surface area (Å²) < 4.78 is 12.7. The molecular weight excluding hydrogens is 433 g/mol. The van der Waals surface area contributed by atoms with Gasteiger partial charge in [-0.25, -0.2) is 15.0 Å². The molecular formula is C29H26BN3O2. The molecule has 0 N–H and O–H groups in total. The maximum atomic E-state index is 6.33. The summed E-state index contributed by atoms with van der Waals surface area (Å²) in [4.78, 5) is 14.8. The van der Waals surface area contributed by atoms with Gasteiger partial charge in [0.2, 0.25) is 0 Å². The Kier molecular flexibility index (Phi) is 4.99. The maximum absolute atomic E-state index is 6.33. The van der Waals surface area contributed by atoms with Crippen molar-refractivity contribution >= 4 is 34.4 Å². The molecule has 0 aliphatic carbocycles. The summed E-state index contributed by atoms with van der Waals surface area (Å²) in [6.45, 7) is 8.13. The Morgan fingerprint density at radius 3 is 1.46 bits per heavy atom. The third kappa shape index (κ3) is 3.70. The summed E-state index contributed by atoms with van der Waals surface area (Å²) in [6.07, 6.45) is 0. The molecule has 1 aliphatic rings. The second-order valence-electron chi connectivity index (χ2n) is 9.98. The maximum Gasteiger partial charge on any atom is 0.534 e. The van der Waals surface area contributed by atoms with Crippen LogP contribution in [0.2, 0.25) is 0 Å². The smallest absolute Gasteiger partial charge is 0.397 e. The lowest BCUT2D eigenvalue weighted by Gasteiger charge is -2.32. The first-order valence-electron chi connectivity index (χ1n) is 11.9. The number of benzene rings is 4. The highest BCUT2D eigenvalue weighted by molar-refractivity contribution is 6.60. The molecule has 2 heterocycles. The van der Waals surface area contributed by atoms with Crippen LogP contribution in [0.4, 0.5) is 0 Å². The number of rotatable bonds is 3. The van der Waals surface area contributed by atoms with Gasteiger partial charge in [-0.05, 0) is 49.2 Å². The molecule has 0 spiro atoms. The summed E-state index contributed by atoms with van der Waals surface area (Å²) in [5.74, 6) is 1.20. The molecule has 0 radical (unpaired) electrons. The van der Waals surface area contributed by atoms with Gasteiger partial charge >= 0.3 is 7.12 Å². The monoisotopic (exact) mass is 459 g/mol. The molecule has 6 rings (SSSR count). The van der Waals surface area contributed by atoms with E-state index >= 15 is 0 Å². The molecule has 35 heavy (non-hydrogen) atoms. The quantitative estimate of drug-likeness (QED) is 0.319. The number of aromatic nitrogens is 3. The minimum absolute atomic E-state index is 0.476. The number of nitrogens with zero attached hydrogens (tertiary/aromatic N) is 3. The minimum atomic E-state index is -0.689. The zero-order chi connectivity index (χ0) is 24.2. The van der Waals surface area contributed by atoms with Gasteiger partial charge < -0.3 is 9.31 Å². The molecule has 4 aromatic carbocycles. The molecule has 0 bridgehead atoms. The van der Waals surface area contributed by atoms with Gasteiger partial charge in [0.25, 0.3) is 0 Å². The first-order valence-corrected chi connectivity index (χ1v) is 11.9. The van der Waals surface area contributed by atoms with Gasteiger partial charge in [-0.3, -0.25) is 0 Å². The van der Waals surface area contributed by atoms with E-state index in [-0.39, 0.29) is 0 Å². The van der Waals surface area contributed by atoms with Crippen LogP contribution < -0.4 is 5.72 Å². The van der Waals surface area contributed by atoms with Crippen molar-refractivity contribution in [1.82, 2.24) is 15.0 Å². The number of hydrogen-bond donors (Lipinski definition) is 0. The summed E-state index contributed by atoms with van der Waals surface area (Å²) >= 11 is 0. The summed E-state index contributed by atoms with van der Waals surface area (Å²) in [5, 5.41) is 4.44. The predicted molar refractivity (Wildman–Crippen MR) is 141 cm³/mol. The van der Waals surface area contributed by atoms with Crippen LogP contribution in [-0.4, -0.2) is 33.3 Å². The van der Waals surface area contributed by atoms with E-state index in [1.807, 2.05) is 64.1 Å². The molecule has 0 amide bonds. The summed E-state index contributed by atoms with van der Waals surface area (Å²) in [5.41, 5.74) is 1.38. The normalized spacial score (nSPS) is 16.7. The highest BCUT2D eigenvalue weighted by Gasteiger charge is 2.53. The third-order valence-corrected chi connectivity index (χ3v) is 7.18. The third-order valence-electron chi connectivity index (χ3n) is 7.18. The van der Waals surface area contributed by atoms with Crippen LogP contribution >= 0.6 is 0 Å². The lowest BCUT2D eigenvalue weighted by Crippen LogP contribution is -2.41. The molecule has 1 fully saturated rings. The molecule has 0 atom stereocenters. The zero-order valence-corrected chi connectivity index (χ0v) is 20.3. The SMILES string of the molecule is CC1(C)OB(c2nc(-c3cccc4ccccc34)nc(-c3cccc4ccccc34)n2)OC1(C)C. The lowest BCUT2D eigenvalue weighted by atomic mass is 9.88. The van der Waals surface area contributed by atoms with E-state index in [9.17, 15) is 0 Å². The summed E-state index contributed by atoms with van der Waals surface area (Å²) in [6, 6.07) is 28.9. The van der Waals surface area contributed by atoms with Crippen LogP contribution in [0, 0.1) is 0 Å². The van der Waals surface area contributed by atoms with Crippen molar-refractivity contribution in [2.45, 2.75) is 38.9 Å². The van der Waals surface area contributed by atoms with Crippen molar-refractivity contribution in [3.63, 3.8) is 0 Å². The molecule has 1 saturated heterocycles. The van der Waals surface area contributed by atoms with Gasteiger partial charge in [0.05, 0.1) is 11.2 Å². The van der Waals surface area contributed by atoms with Crippen LogP contribution in [-0.2, 0) is 9.31 Å². The number of hydrogen-bond acceptors (Lipinski definition) is 5. The van der Waals surface area contributed by atoms with E-state index in [1.165, 1.54) is 0 Å². The fourth-order valence-corrected chi connectivity index (χ4v) is 4.53. The van der Waals surface area contributed by atoms with E-state index in [0.717, 1.165) is 32.7 Å². The van der Waals surface area contributed by atoms with Gasteiger partial charge in [0.1, 0.15) is 0 Å². The predicted octanol–water partition coefficient (Wildman–Crippen LogP) is 5.81. The first kappa shape index (κ1) is 21.9. The van der Waals surface area contributed by atoms with E-state index in [2.05, 4.69) is 48.5 Å². The molecule has 0 saturated carbocycles. The van der Waals surface area contributed by atoms with E-state index in [1.54, 1.807) is 0 Å². The highest BCUT2D eigenvalue weighted by Crippen LogP contribution is 2.37. The van der Waals surface area contributed by atoms with E-state index in [0.29, 0.717) is 17.4 Å². The molecule has 172 valence electrons. The Balaban J connectivity index is 1.59. The molecule has 5 nitrogen and oxygen atoms in total. The van der Waals surface area contributed by atoms with Crippen molar-refractivity contribution in [3.8, 4) is 22.8 Å². The topological polar surface area (TPSA) is 57.1 Å². The van der Waals surface area contributed by atoms with Gasteiger partial charge in [-0.1, -0.05) is 84.9 Å². The van der Waals surface area contributed by atoms with Crippen molar-refractivity contribution < 1.29 is 9.31 Å². The van der Waals surface area contributed by atoms with Crippen LogP contribution in [0.5, 0.6) is 0 Å². The summed E-state index contributed by atoms with van der Waals surface area (Å²) in [7, 11) is -0.689. The fraction of sp³-hybridized carbons (Fsp3) is 0.207. The molecule has 0 unspecified atom stereocenters. The Morgan fingerprint density at radius 2 is 0.971 bits per heavy atom. The first-order chi connectivity index (χ1) is 16.8. The average molecular weight is 459 g/mol. The van der Waals surface area contributed by atoms with Gasteiger partial charge in [-0.15, -0.1) is 0 Å². The van der Waals surface area contributed by atoms with Gasteiger partial charge in [0.15, 0.2) is 17.4 Å². The Morgan fingerprint density at radius 1 is 0.543 bits per heavy atom. The largest absolute Gasteiger partial charge is 0.534 e. The average Bonchev–Trinajstić information content (AvgIpc) is 3.09. The Bertz CT molecular complexity index is 1460. The Hall–Kier alpha value is -3.61. The van der Waals surface area contributed by atoms with E-state index in [4.69, 9.17) is 24.3 Å². The standard InChI is InChI=1S/C29H26BN3O2/c1-28(2)29(3,4)35-30(34-28)27-32-25(23-17-9-13-19-11-5-7-15-21(19)23)31-26(33-27)24-18-10-14-20-12-6-8-16-22(20)24/h5-18H,1-4H3. The second-order valence-corrected chi connectivity index (χ2v) is 9.98. The van der Waals surface area contributed by atoms with Crippen LogP contribution in [0.25, 0.3) is 44.3 Å². The van der Waals surface area contributed by atoms with Crippen molar-refractivity contribution in [1.29, 1.82) is 0 Å². The minimum Gasteiger partial charge on any atom is -0.397 e. The van der Waals surface area contributed by atoms with Crippen molar-refractivity contribution in [2.75, 3.05) is 0 Å². The van der Waals surface area contributed by atoms with Crippen molar-refractivity contribution in [3.05, 3.63) is 84.9 Å². The second kappa shape index (κ2) is 7.97. The van der Waals surface area contributed by atoms with Gasteiger partial charge in [-0.2, -0.15) is 0 Å². The zero-order valence-electron chi connectivity index (χ0n) is 20.3. The number of fused-ring (bicyclic) bond motifs is 2. The molecule has 5 aromatic rings. The molecule has 1 aliphatic heterocycles. The molecule has 6 heteroatoms. The lowest BCUT2D eigenvalue weighted by molar-refractivity contribution is 0.00578. The van der Waals surface area contributed by atoms with Crippen LogP contribution in [0.15, 0.2) is 84.9 Å². The van der Waals surface area contributed by atoms with Crippen LogP contribution in [0.1, 0.15) is 27.7 Å². The molecule has 1 aromatic heterocycles. The van der Waals surface area contributed by atoms with Crippen molar-refractivity contribution in [2.24, 2.45) is 0 Å². The Labute approximate surface area is 205 Å². The van der Waals surface area contributed by atoms with Gasteiger partial charge in [0, 0.05) is 11.1 Å². The van der Waals surface area contributed by atoms with E-state index < -0.39 is 18.3 Å². The van der Waals surface area contributed by atoms with Crippen LogP contribution in [0.3, 0.4) is 0 Å².